The fraction of sp³-hybridized carbons (Fsp3) is 0.158. The van der Waals surface area contributed by atoms with Gasteiger partial charge >= 0.3 is 0 Å². The van der Waals surface area contributed by atoms with Gasteiger partial charge in [-0.3, -0.25) is 9.89 Å². The Hall–Kier alpha value is -3.17. The monoisotopic (exact) mass is 398 g/mol. The molecule has 3 aromatic rings. The van der Waals surface area contributed by atoms with E-state index in [-0.39, 0.29) is 16.6 Å². The number of aromatic amines is 1. The number of para-hydroxylation sites is 1. The number of rotatable bonds is 4. The number of anilines is 1. The molecular formula is C19H18N4O4S. The maximum absolute atomic E-state index is 12.9. The Balaban J connectivity index is 1.66. The first kappa shape index (κ1) is 18.2. The minimum Gasteiger partial charge on any atom is -0.495 e. The zero-order chi connectivity index (χ0) is 19.9. The SMILES string of the molecule is COc1ccc(-c2cc(C(=O)N3CCc4ccccc43)[nH]n2)cc1S(N)(=O)=O. The molecule has 1 aromatic heterocycles. The number of hydrogen-bond donors (Lipinski definition) is 2. The van der Waals surface area contributed by atoms with Crippen molar-refractivity contribution in [3.63, 3.8) is 0 Å². The van der Waals surface area contributed by atoms with E-state index in [1.54, 1.807) is 17.0 Å². The molecule has 0 bridgehead atoms. The fourth-order valence-electron chi connectivity index (χ4n) is 3.33. The summed E-state index contributed by atoms with van der Waals surface area (Å²) in [6.45, 7) is 0.602. The number of nitrogens with one attached hydrogen (secondary N) is 1. The summed E-state index contributed by atoms with van der Waals surface area (Å²) in [6, 6.07) is 13.9. The van der Waals surface area contributed by atoms with Gasteiger partial charge in [-0.15, -0.1) is 0 Å². The second-order valence-electron chi connectivity index (χ2n) is 6.41. The number of fused-ring (bicyclic) bond motifs is 1. The normalized spacial score (nSPS) is 13.4. The summed E-state index contributed by atoms with van der Waals surface area (Å²) in [7, 11) is -2.61. The standard InChI is InChI=1S/C19H18N4O4S/c1-27-17-7-6-13(10-18(17)28(20,25)26)14-11-15(22-21-14)19(24)23-9-8-12-4-2-3-5-16(12)23/h2-7,10-11H,8-9H2,1H3,(H,21,22)(H2,20,25,26). The number of carbonyl (C=O) groups is 1. The molecular weight excluding hydrogens is 380 g/mol. The van der Waals surface area contributed by atoms with Gasteiger partial charge < -0.3 is 9.64 Å². The van der Waals surface area contributed by atoms with E-state index in [1.165, 1.54) is 19.2 Å². The van der Waals surface area contributed by atoms with Crippen LogP contribution in [0.3, 0.4) is 0 Å². The Labute approximate surface area is 162 Å². The van der Waals surface area contributed by atoms with Crippen LogP contribution in [0.4, 0.5) is 5.69 Å². The van der Waals surface area contributed by atoms with Gasteiger partial charge in [-0.25, -0.2) is 13.6 Å². The molecule has 2 heterocycles. The molecule has 0 radical (unpaired) electrons. The van der Waals surface area contributed by atoms with Crippen LogP contribution in [0.25, 0.3) is 11.3 Å². The number of benzene rings is 2. The Kier molecular flexibility index (Phi) is 4.40. The van der Waals surface area contributed by atoms with Crippen molar-refractivity contribution >= 4 is 21.6 Å². The number of amides is 1. The van der Waals surface area contributed by atoms with E-state index in [0.717, 1.165) is 17.7 Å². The maximum atomic E-state index is 12.9. The van der Waals surface area contributed by atoms with Gasteiger partial charge in [0.1, 0.15) is 16.3 Å². The van der Waals surface area contributed by atoms with Crippen molar-refractivity contribution < 1.29 is 17.9 Å². The molecule has 0 saturated heterocycles. The minimum absolute atomic E-state index is 0.142. The van der Waals surface area contributed by atoms with E-state index in [2.05, 4.69) is 10.2 Å². The topological polar surface area (TPSA) is 118 Å². The molecule has 1 amide bonds. The average molecular weight is 398 g/mol. The summed E-state index contributed by atoms with van der Waals surface area (Å²) in [4.78, 5) is 14.5. The first-order valence-corrected chi connectivity index (χ1v) is 10.1. The van der Waals surface area contributed by atoms with Gasteiger partial charge in [-0.1, -0.05) is 18.2 Å². The molecule has 4 rings (SSSR count). The molecule has 9 heteroatoms. The number of sulfonamides is 1. The van der Waals surface area contributed by atoms with Crippen molar-refractivity contribution in [1.29, 1.82) is 0 Å². The highest BCUT2D eigenvalue weighted by Gasteiger charge is 2.26. The number of H-pyrrole nitrogens is 1. The van der Waals surface area contributed by atoms with Crippen LogP contribution in [0, 0.1) is 0 Å². The van der Waals surface area contributed by atoms with Crippen molar-refractivity contribution in [1.82, 2.24) is 10.2 Å². The van der Waals surface area contributed by atoms with Crippen LogP contribution in [0.1, 0.15) is 16.1 Å². The highest BCUT2D eigenvalue weighted by molar-refractivity contribution is 7.89. The number of carbonyl (C=O) groups excluding carboxylic acids is 1. The van der Waals surface area contributed by atoms with Gasteiger partial charge in [0.25, 0.3) is 5.91 Å². The molecule has 8 nitrogen and oxygen atoms in total. The number of primary sulfonamides is 1. The van der Waals surface area contributed by atoms with Crippen molar-refractivity contribution in [3.8, 4) is 17.0 Å². The second-order valence-corrected chi connectivity index (χ2v) is 7.94. The maximum Gasteiger partial charge on any atom is 0.276 e. The van der Waals surface area contributed by atoms with Crippen LogP contribution in [0.2, 0.25) is 0 Å². The van der Waals surface area contributed by atoms with Gasteiger partial charge in [0, 0.05) is 17.8 Å². The summed E-state index contributed by atoms with van der Waals surface area (Å²) in [6.07, 6.45) is 0.805. The van der Waals surface area contributed by atoms with Gasteiger partial charge in [-0.2, -0.15) is 5.10 Å². The largest absolute Gasteiger partial charge is 0.495 e. The molecule has 0 unspecified atom stereocenters. The zero-order valence-corrected chi connectivity index (χ0v) is 15.9. The second kappa shape index (κ2) is 6.77. The van der Waals surface area contributed by atoms with E-state index in [0.29, 0.717) is 23.5 Å². The summed E-state index contributed by atoms with van der Waals surface area (Å²) in [5, 5.41) is 12.2. The predicted octanol–water partition coefficient (Wildman–Crippen LogP) is 1.94. The Morgan fingerprint density at radius 2 is 2.00 bits per heavy atom. The molecule has 2 aromatic carbocycles. The average Bonchev–Trinajstić information content (AvgIpc) is 3.34. The van der Waals surface area contributed by atoms with Crippen molar-refractivity contribution in [2.24, 2.45) is 5.14 Å². The molecule has 3 N–H and O–H groups in total. The number of aromatic nitrogens is 2. The quantitative estimate of drug-likeness (QED) is 0.696. The zero-order valence-electron chi connectivity index (χ0n) is 15.0. The third-order valence-electron chi connectivity index (χ3n) is 4.71. The number of methoxy groups -OCH3 is 1. The van der Waals surface area contributed by atoms with E-state index in [1.807, 2.05) is 24.3 Å². The first-order valence-electron chi connectivity index (χ1n) is 8.55. The smallest absolute Gasteiger partial charge is 0.276 e. The van der Waals surface area contributed by atoms with Crippen LogP contribution >= 0.6 is 0 Å². The summed E-state index contributed by atoms with van der Waals surface area (Å²) >= 11 is 0. The number of ether oxygens (including phenoxy) is 1. The number of nitrogens with two attached hydrogens (primary N) is 1. The van der Waals surface area contributed by atoms with Crippen molar-refractivity contribution in [2.45, 2.75) is 11.3 Å². The highest BCUT2D eigenvalue weighted by Crippen LogP contribution is 2.31. The fourth-order valence-corrected chi connectivity index (χ4v) is 4.06. The Bertz CT molecular complexity index is 1170. The molecule has 1 aliphatic rings. The lowest BCUT2D eigenvalue weighted by molar-refractivity contribution is 0.0984. The lowest BCUT2D eigenvalue weighted by Gasteiger charge is -2.15. The van der Waals surface area contributed by atoms with Crippen LogP contribution in [-0.4, -0.2) is 38.2 Å². The lowest BCUT2D eigenvalue weighted by atomic mass is 10.1. The minimum atomic E-state index is -3.97. The third-order valence-corrected chi connectivity index (χ3v) is 5.64. The predicted molar refractivity (Wildman–Crippen MR) is 104 cm³/mol. The molecule has 0 atom stereocenters. The Morgan fingerprint density at radius 3 is 2.75 bits per heavy atom. The van der Waals surface area contributed by atoms with E-state index >= 15 is 0 Å². The first-order chi connectivity index (χ1) is 13.4. The lowest BCUT2D eigenvalue weighted by Crippen LogP contribution is -2.29. The summed E-state index contributed by atoms with van der Waals surface area (Å²) in [5.74, 6) is -0.0457. The third kappa shape index (κ3) is 3.14. The molecule has 0 aliphatic carbocycles. The van der Waals surface area contributed by atoms with Gasteiger partial charge in [0.05, 0.1) is 12.8 Å². The van der Waals surface area contributed by atoms with E-state index in [9.17, 15) is 13.2 Å². The molecule has 1 aliphatic heterocycles. The van der Waals surface area contributed by atoms with Crippen LogP contribution in [0.15, 0.2) is 53.4 Å². The molecule has 144 valence electrons. The Morgan fingerprint density at radius 1 is 1.21 bits per heavy atom. The van der Waals surface area contributed by atoms with Crippen LogP contribution in [-0.2, 0) is 16.4 Å². The number of nitrogens with zero attached hydrogens (tertiary/aromatic N) is 2. The van der Waals surface area contributed by atoms with E-state index < -0.39 is 10.0 Å². The van der Waals surface area contributed by atoms with Gasteiger partial charge in [-0.05, 0) is 42.3 Å². The summed E-state index contributed by atoms with van der Waals surface area (Å²) in [5.41, 5.74) is 3.28. The van der Waals surface area contributed by atoms with Crippen LogP contribution < -0.4 is 14.8 Å². The van der Waals surface area contributed by atoms with E-state index in [4.69, 9.17) is 9.88 Å². The molecule has 0 spiro atoms. The summed E-state index contributed by atoms with van der Waals surface area (Å²) < 4.78 is 28.7. The number of hydrogen-bond acceptors (Lipinski definition) is 5. The van der Waals surface area contributed by atoms with Crippen LogP contribution in [0.5, 0.6) is 5.75 Å². The van der Waals surface area contributed by atoms with Crippen molar-refractivity contribution in [3.05, 3.63) is 59.8 Å². The van der Waals surface area contributed by atoms with Crippen molar-refractivity contribution in [2.75, 3.05) is 18.6 Å². The highest BCUT2D eigenvalue weighted by atomic mass is 32.2. The molecule has 0 fully saturated rings. The molecule has 28 heavy (non-hydrogen) atoms. The van der Waals surface area contributed by atoms with Gasteiger partial charge in [0.15, 0.2) is 0 Å². The molecule has 0 saturated carbocycles. The van der Waals surface area contributed by atoms with Gasteiger partial charge in [0.2, 0.25) is 10.0 Å².